The summed E-state index contributed by atoms with van der Waals surface area (Å²) in [5.41, 5.74) is -2.39. The van der Waals surface area contributed by atoms with Gasteiger partial charge in [-0.3, -0.25) is 4.79 Å². The van der Waals surface area contributed by atoms with Crippen molar-refractivity contribution in [1.82, 2.24) is 4.98 Å². The first kappa shape index (κ1) is 12.9. The predicted molar refractivity (Wildman–Crippen MR) is 59.3 cm³/mol. The van der Waals surface area contributed by atoms with Gasteiger partial charge in [0, 0.05) is 30.0 Å². The fraction of sp³-hybridized carbons (Fsp3) is 0. The number of H-pyrrole nitrogens is 1. The number of benzene rings is 1. The average Bonchev–Trinajstić information content (AvgIpc) is 2.29. The largest absolute Gasteiger partial charge is 0.478 e. The molecule has 0 atom stereocenters. The highest BCUT2D eigenvalue weighted by Crippen LogP contribution is 2.28. The molecule has 0 fully saturated rings. The van der Waals surface area contributed by atoms with Crippen molar-refractivity contribution in [2.24, 2.45) is 0 Å². The van der Waals surface area contributed by atoms with Crippen LogP contribution in [0.3, 0.4) is 0 Å². The number of carboxylic acids is 1. The van der Waals surface area contributed by atoms with Crippen LogP contribution in [0.15, 0.2) is 29.2 Å². The number of aromatic nitrogens is 1. The molecule has 0 unspecified atom stereocenters. The summed E-state index contributed by atoms with van der Waals surface area (Å²) in [7, 11) is 0. The fourth-order valence-corrected chi connectivity index (χ4v) is 1.65. The maximum Gasteiger partial charge on any atom is 0.336 e. The van der Waals surface area contributed by atoms with E-state index in [4.69, 9.17) is 5.11 Å². The van der Waals surface area contributed by atoms with Crippen LogP contribution in [0.2, 0.25) is 0 Å². The highest BCUT2D eigenvalue weighted by Gasteiger charge is 2.20. The van der Waals surface area contributed by atoms with E-state index in [0.717, 1.165) is 6.20 Å². The molecule has 0 aliphatic rings. The number of carbonyl (C=O) groups is 1. The summed E-state index contributed by atoms with van der Waals surface area (Å²) in [5, 5.41) is 8.92. The second-order valence-electron chi connectivity index (χ2n) is 3.67. The molecule has 98 valence electrons. The number of pyridine rings is 1. The SMILES string of the molecule is O=C(O)c1cc(=O)[nH]cc1-c1c(F)cc(F)cc1F. The summed E-state index contributed by atoms with van der Waals surface area (Å²) >= 11 is 0. The number of hydrogen-bond donors (Lipinski definition) is 2. The van der Waals surface area contributed by atoms with E-state index in [1.54, 1.807) is 0 Å². The van der Waals surface area contributed by atoms with Gasteiger partial charge in [-0.05, 0) is 0 Å². The maximum atomic E-state index is 13.6. The topological polar surface area (TPSA) is 70.2 Å². The van der Waals surface area contributed by atoms with Gasteiger partial charge in [-0.2, -0.15) is 0 Å². The molecule has 0 radical (unpaired) electrons. The quantitative estimate of drug-likeness (QED) is 0.877. The Hall–Kier alpha value is -2.57. The standard InChI is InChI=1S/C12H6F3NO3/c13-5-1-8(14)11(9(15)2-5)7-4-16-10(17)3-6(7)12(18)19/h1-4H,(H,16,17)(H,18,19). The monoisotopic (exact) mass is 269 g/mol. The summed E-state index contributed by atoms with van der Waals surface area (Å²) in [6.45, 7) is 0. The van der Waals surface area contributed by atoms with Gasteiger partial charge in [-0.1, -0.05) is 0 Å². The molecular formula is C12H6F3NO3. The minimum Gasteiger partial charge on any atom is -0.478 e. The molecule has 1 heterocycles. The lowest BCUT2D eigenvalue weighted by Crippen LogP contribution is -2.11. The van der Waals surface area contributed by atoms with Gasteiger partial charge >= 0.3 is 5.97 Å². The molecule has 0 spiro atoms. The van der Waals surface area contributed by atoms with Crippen LogP contribution < -0.4 is 5.56 Å². The zero-order valence-corrected chi connectivity index (χ0v) is 9.21. The van der Waals surface area contributed by atoms with Crippen LogP contribution in [0.1, 0.15) is 10.4 Å². The van der Waals surface area contributed by atoms with Gasteiger partial charge in [0.25, 0.3) is 0 Å². The van der Waals surface area contributed by atoms with Gasteiger partial charge in [0.1, 0.15) is 17.5 Å². The van der Waals surface area contributed by atoms with Crippen LogP contribution >= 0.6 is 0 Å². The van der Waals surface area contributed by atoms with Gasteiger partial charge < -0.3 is 10.1 Å². The minimum absolute atomic E-state index is 0.373. The Morgan fingerprint density at radius 3 is 2.21 bits per heavy atom. The highest BCUT2D eigenvalue weighted by atomic mass is 19.1. The predicted octanol–water partition coefficient (Wildman–Crippen LogP) is 2.16. The summed E-state index contributed by atoms with van der Waals surface area (Å²) in [6.07, 6.45) is 0.866. The third kappa shape index (κ3) is 2.35. The van der Waals surface area contributed by atoms with Gasteiger partial charge in [-0.25, -0.2) is 18.0 Å². The Balaban J connectivity index is 2.79. The maximum absolute atomic E-state index is 13.6. The van der Waals surface area contributed by atoms with Crippen LogP contribution in [-0.2, 0) is 0 Å². The number of aromatic amines is 1. The molecule has 2 rings (SSSR count). The number of aromatic carboxylic acids is 1. The molecule has 4 nitrogen and oxygen atoms in total. The second-order valence-corrected chi connectivity index (χ2v) is 3.67. The average molecular weight is 269 g/mol. The molecule has 7 heteroatoms. The number of hydrogen-bond acceptors (Lipinski definition) is 2. The van der Waals surface area contributed by atoms with Crippen molar-refractivity contribution in [2.45, 2.75) is 0 Å². The van der Waals surface area contributed by atoms with Gasteiger partial charge in [0.05, 0.1) is 11.1 Å². The first-order valence-electron chi connectivity index (χ1n) is 5.01. The van der Waals surface area contributed by atoms with Gasteiger partial charge in [-0.15, -0.1) is 0 Å². The van der Waals surface area contributed by atoms with Crippen molar-refractivity contribution >= 4 is 5.97 Å². The Labute approximate surface area is 104 Å². The molecule has 0 saturated carbocycles. The van der Waals surface area contributed by atoms with Crippen LogP contribution in [0, 0.1) is 17.5 Å². The summed E-state index contributed by atoms with van der Waals surface area (Å²) in [5.74, 6) is -5.16. The van der Waals surface area contributed by atoms with Crippen molar-refractivity contribution in [2.75, 3.05) is 0 Å². The van der Waals surface area contributed by atoms with Gasteiger partial charge in [0.2, 0.25) is 5.56 Å². The molecule has 0 aliphatic heterocycles. The Kier molecular flexibility index (Phi) is 3.12. The van der Waals surface area contributed by atoms with Crippen LogP contribution in [-0.4, -0.2) is 16.1 Å². The highest BCUT2D eigenvalue weighted by molar-refractivity contribution is 5.95. The van der Waals surface area contributed by atoms with Crippen LogP contribution in [0.25, 0.3) is 11.1 Å². The molecule has 19 heavy (non-hydrogen) atoms. The van der Waals surface area contributed by atoms with Crippen molar-refractivity contribution < 1.29 is 23.1 Å². The van der Waals surface area contributed by atoms with Crippen LogP contribution in [0.4, 0.5) is 13.2 Å². The van der Waals surface area contributed by atoms with Crippen molar-refractivity contribution in [1.29, 1.82) is 0 Å². The fourth-order valence-electron chi connectivity index (χ4n) is 1.65. The minimum atomic E-state index is -1.52. The zero-order valence-electron chi connectivity index (χ0n) is 9.21. The Morgan fingerprint density at radius 2 is 1.68 bits per heavy atom. The van der Waals surface area contributed by atoms with E-state index in [9.17, 15) is 22.8 Å². The van der Waals surface area contributed by atoms with E-state index in [-0.39, 0.29) is 5.56 Å². The number of carboxylic acid groups (broad SMARTS) is 1. The zero-order chi connectivity index (χ0) is 14.2. The number of rotatable bonds is 2. The van der Waals surface area contributed by atoms with E-state index in [1.807, 2.05) is 0 Å². The first-order valence-corrected chi connectivity index (χ1v) is 5.01. The van der Waals surface area contributed by atoms with E-state index < -0.39 is 40.1 Å². The van der Waals surface area contributed by atoms with Crippen molar-refractivity contribution in [3.63, 3.8) is 0 Å². The lowest BCUT2D eigenvalue weighted by Gasteiger charge is -2.08. The van der Waals surface area contributed by atoms with E-state index >= 15 is 0 Å². The van der Waals surface area contributed by atoms with Crippen molar-refractivity contribution in [3.8, 4) is 11.1 Å². The Bertz CT molecular complexity index is 701. The first-order chi connectivity index (χ1) is 8.90. The smallest absolute Gasteiger partial charge is 0.336 e. The van der Waals surface area contributed by atoms with Crippen LogP contribution in [0.5, 0.6) is 0 Å². The number of halogens is 3. The molecule has 1 aromatic carbocycles. The lowest BCUT2D eigenvalue weighted by atomic mass is 10.0. The molecule has 2 aromatic rings. The Morgan fingerprint density at radius 1 is 1.11 bits per heavy atom. The number of nitrogens with one attached hydrogen (secondary N) is 1. The van der Waals surface area contributed by atoms with Gasteiger partial charge in [0.15, 0.2) is 0 Å². The molecule has 1 aromatic heterocycles. The molecule has 0 saturated heterocycles. The molecule has 0 aliphatic carbocycles. The third-order valence-corrected chi connectivity index (χ3v) is 2.43. The summed E-state index contributed by atoms with van der Waals surface area (Å²) in [4.78, 5) is 24.1. The molecule has 0 bridgehead atoms. The third-order valence-electron chi connectivity index (χ3n) is 2.43. The molecule has 2 N–H and O–H groups in total. The molecular weight excluding hydrogens is 263 g/mol. The van der Waals surface area contributed by atoms with E-state index in [2.05, 4.69) is 4.98 Å². The summed E-state index contributed by atoms with van der Waals surface area (Å²) in [6, 6.07) is 1.55. The van der Waals surface area contributed by atoms with E-state index in [0.29, 0.717) is 18.2 Å². The van der Waals surface area contributed by atoms with Crippen molar-refractivity contribution in [3.05, 3.63) is 57.8 Å². The summed E-state index contributed by atoms with van der Waals surface area (Å²) < 4.78 is 39.9. The van der Waals surface area contributed by atoms with E-state index in [1.165, 1.54) is 0 Å². The molecule has 0 amide bonds. The normalized spacial score (nSPS) is 10.5. The lowest BCUT2D eigenvalue weighted by molar-refractivity contribution is 0.0697. The second kappa shape index (κ2) is 4.60.